The van der Waals surface area contributed by atoms with Crippen molar-refractivity contribution in [2.45, 2.75) is 19.3 Å². The number of fused-ring (bicyclic) bond motifs is 1. The summed E-state index contributed by atoms with van der Waals surface area (Å²) in [6.07, 6.45) is 5.44. The van der Waals surface area contributed by atoms with Crippen molar-refractivity contribution in [3.63, 3.8) is 0 Å². The smallest absolute Gasteiger partial charge is 0.118 e. The third-order valence-electron chi connectivity index (χ3n) is 4.06. The van der Waals surface area contributed by atoms with Crippen molar-refractivity contribution in [1.29, 1.82) is 0 Å². The topological polar surface area (TPSA) is 35.2 Å². The number of ether oxygens (including phenoxy) is 1. The fourth-order valence-electron chi connectivity index (χ4n) is 2.88. The van der Waals surface area contributed by atoms with Crippen molar-refractivity contribution < 1.29 is 4.74 Å². The zero-order chi connectivity index (χ0) is 14.7. The van der Waals surface area contributed by atoms with E-state index < -0.39 is 0 Å². The van der Waals surface area contributed by atoms with Crippen LogP contribution in [0, 0.1) is 0 Å². The maximum Gasteiger partial charge on any atom is 0.118 e. The van der Waals surface area contributed by atoms with Gasteiger partial charge in [0.15, 0.2) is 0 Å². The first-order chi connectivity index (χ1) is 10.3. The molecular weight excluding hydrogens is 258 g/mol. The number of rotatable bonds is 5. The van der Waals surface area contributed by atoms with E-state index in [-0.39, 0.29) is 0 Å². The standard InChI is InChI=1S/C19H21NO/c1-21-17-9-6-15(7-10-17)18-11-8-16-5-4-14(3-2-12-20)13-19(16)18/h4-7,9-11,13H,2-3,8,12,20H2,1H3. The van der Waals surface area contributed by atoms with E-state index >= 15 is 0 Å². The van der Waals surface area contributed by atoms with Crippen molar-refractivity contribution >= 4 is 5.57 Å². The highest BCUT2D eigenvalue weighted by Gasteiger charge is 2.16. The summed E-state index contributed by atoms with van der Waals surface area (Å²) < 4.78 is 5.23. The van der Waals surface area contributed by atoms with E-state index in [2.05, 4.69) is 36.4 Å². The Morgan fingerprint density at radius 2 is 1.90 bits per heavy atom. The molecule has 2 aromatic rings. The van der Waals surface area contributed by atoms with Crippen molar-refractivity contribution in [2.75, 3.05) is 13.7 Å². The Bertz CT molecular complexity index is 656. The minimum absolute atomic E-state index is 0.748. The lowest BCUT2D eigenvalue weighted by molar-refractivity contribution is 0.415. The van der Waals surface area contributed by atoms with Crippen LogP contribution in [0.3, 0.4) is 0 Å². The highest BCUT2D eigenvalue weighted by Crippen LogP contribution is 2.34. The molecule has 0 aromatic heterocycles. The predicted octanol–water partition coefficient (Wildman–Crippen LogP) is 3.57. The number of hydrogen-bond donors (Lipinski definition) is 1. The number of aryl methyl sites for hydroxylation is 1. The van der Waals surface area contributed by atoms with E-state index in [1.807, 2.05) is 12.1 Å². The summed E-state index contributed by atoms with van der Waals surface area (Å²) in [7, 11) is 1.70. The first kappa shape index (κ1) is 13.9. The molecule has 108 valence electrons. The molecule has 0 saturated heterocycles. The van der Waals surface area contributed by atoms with Crippen molar-refractivity contribution in [2.24, 2.45) is 5.73 Å². The molecule has 0 aliphatic heterocycles. The van der Waals surface area contributed by atoms with Gasteiger partial charge in [-0.1, -0.05) is 36.4 Å². The minimum Gasteiger partial charge on any atom is -0.497 e. The quantitative estimate of drug-likeness (QED) is 0.908. The fraction of sp³-hybridized carbons (Fsp3) is 0.263. The zero-order valence-electron chi connectivity index (χ0n) is 12.4. The van der Waals surface area contributed by atoms with Crippen LogP contribution >= 0.6 is 0 Å². The van der Waals surface area contributed by atoms with Gasteiger partial charge >= 0.3 is 0 Å². The van der Waals surface area contributed by atoms with Crippen LogP contribution in [0.1, 0.15) is 28.7 Å². The van der Waals surface area contributed by atoms with Crippen LogP contribution in [0.2, 0.25) is 0 Å². The lowest BCUT2D eigenvalue weighted by Crippen LogP contribution is -2.00. The third kappa shape index (κ3) is 2.86. The lowest BCUT2D eigenvalue weighted by atomic mass is 9.96. The summed E-state index contributed by atoms with van der Waals surface area (Å²) >= 11 is 0. The Balaban J connectivity index is 1.90. The molecule has 2 heteroatoms. The third-order valence-corrected chi connectivity index (χ3v) is 4.06. The first-order valence-electron chi connectivity index (χ1n) is 7.48. The van der Waals surface area contributed by atoms with E-state index in [4.69, 9.17) is 10.5 Å². The van der Waals surface area contributed by atoms with Crippen LogP contribution in [0.15, 0.2) is 48.5 Å². The van der Waals surface area contributed by atoms with Gasteiger partial charge < -0.3 is 10.5 Å². The maximum absolute atomic E-state index is 5.61. The number of hydrogen-bond acceptors (Lipinski definition) is 2. The Morgan fingerprint density at radius 1 is 1.10 bits per heavy atom. The molecule has 1 aliphatic carbocycles. The van der Waals surface area contributed by atoms with Gasteiger partial charge in [-0.2, -0.15) is 0 Å². The SMILES string of the molecule is COc1ccc(C2=CCc3ccc(CCCN)cc32)cc1. The zero-order valence-corrected chi connectivity index (χ0v) is 12.4. The molecule has 2 nitrogen and oxygen atoms in total. The van der Waals surface area contributed by atoms with Crippen molar-refractivity contribution in [3.05, 3.63) is 70.8 Å². The lowest BCUT2D eigenvalue weighted by Gasteiger charge is -2.10. The Kier molecular flexibility index (Phi) is 4.07. The second-order valence-corrected chi connectivity index (χ2v) is 5.43. The summed E-state index contributed by atoms with van der Waals surface area (Å²) in [5.41, 5.74) is 12.4. The molecule has 0 saturated carbocycles. The predicted molar refractivity (Wildman–Crippen MR) is 87.6 cm³/mol. The highest BCUT2D eigenvalue weighted by molar-refractivity contribution is 5.85. The molecular formula is C19H21NO. The van der Waals surface area contributed by atoms with Gasteiger partial charge in [0.05, 0.1) is 7.11 Å². The molecule has 0 bridgehead atoms. The molecule has 2 aromatic carbocycles. The molecule has 1 aliphatic rings. The number of allylic oxidation sites excluding steroid dienone is 1. The van der Waals surface area contributed by atoms with Gasteiger partial charge in [0, 0.05) is 0 Å². The molecule has 0 atom stereocenters. The summed E-state index contributed by atoms with van der Waals surface area (Å²) in [6.45, 7) is 0.748. The van der Waals surface area contributed by atoms with Gasteiger partial charge in [0.1, 0.15) is 5.75 Å². The molecule has 0 fully saturated rings. The van der Waals surface area contributed by atoms with Gasteiger partial charge in [-0.25, -0.2) is 0 Å². The molecule has 0 radical (unpaired) electrons. The van der Waals surface area contributed by atoms with Crippen LogP contribution < -0.4 is 10.5 Å². The van der Waals surface area contributed by atoms with Crippen LogP contribution in [0.4, 0.5) is 0 Å². The van der Waals surface area contributed by atoms with Gasteiger partial charge in [-0.3, -0.25) is 0 Å². The van der Waals surface area contributed by atoms with Gasteiger partial charge in [0.2, 0.25) is 0 Å². The summed E-state index contributed by atoms with van der Waals surface area (Å²) in [4.78, 5) is 0. The number of nitrogens with two attached hydrogens (primary N) is 1. The monoisotopic (exact) mass is 279 g/mol. The molecule has 0 amide bonds. The second-order valence-electron chi connectivity index (χ2n) is 5.43. The first-order valence-corrected chi connectivity index (χ1v) is 7.48. The largest absolute Gasteiger partial charge is 0.497 e. The summed E-state index contributed by atoms with van der Waals surface area (Å²) in [6, 6.07) is 15.1. The van der Waals surface area contributed by atoms with E-state index in [0.717, 1.165) is 31.6 Å². The normalized spacial score (nSPS) is 13.0. The van der Waals surface area contributed by atoms with Gasteiger partial charge in [-0.15, -0.1) is 0 Å². The molecule has 21 heavy (non-hydrogen) atoms. The molecule has 0 heterocycles. The van der Waals surface area contributed by atoms with E-state index in [1.165, 1.54) is 27.8 Å². The van der Waals surface area contributed by atoms with Crippen LogP contribution in [0.5, 0.6) is 5.75 Å². The second kappa shape index (κ2) is 6.15. The average Bonchev–Trinajstić information content (AvgIpc) is 2.96. The number of methoxy groups -OCH3 is 1. The van der Waals surface area contributed by atoms with Crippen LogP contribution in [0.25, 0.3) is 5.57 Å². The molecule has 2 N–H and O–H groups in total. The van der Waals surface area contributed by atoms with Gasteiger partial charge in [-0.05, 0) is 65.8 Å². The minimum atomic E-state index is 0.748. The molecule has 0 spiro atoms. The van der Waals surface area contributed by atoms with Crippen LogP contribution in [-0.4, -0.2) is 13.7 Å². The Morgan fingerprint density at radius 3 is 2.62 bits per heavy atom. The number of benzene rings is 2. The Hall–Kier alpha value is -2.06. The van der Waals surface area contributed by atoms with E-state index in [0.29, 0.717) is 0 Å². The summed E-state index contributed by atoms with van der Waals surface area (Å²) in [5, 5.41) is 0. The average molecular weight is 279 g/mol. The maximum atomic E-state index is 5.61. The van der Waals surface area contributed by atoms with E-state index in [1.54, 1.807) is 7.11 Å². The van der Waals surface area contributed by atoms with E-state index in [9.17, 15) is 0 Å². The molecule has 3 rings (SSSR count). The summed E-state index contributed by atoms with van der Waals surface area (Å²) in [5.74, 6) is 0.897. The fourth-order valence-corrected chi connectivity index (χ4v) is 2.88. The van der Waals surface area contributed by atoms with Crippen LogP contribution in [-0.2, 0) is 12.8 Å². The highest BCUT2D eigenvalue weighted by atomic mass is 16.5. The Labute approximate surface area is 126 Å². The van der Waals surface area contributed by atoms with Gasteiger partial charge in [0.25, 0.3) is 0 Å². The molecule has 0 unspecified atom stereocenters. The van der Waals surface area contributed by atoms with Crippen molar-refractivity contribution in [3.8, 4) is 5.75 Å². The van der Waals surface area contributed by atoms with Crippen molar-refractivity contribution in [1.82, 2.24) is 0 Å².